The van der Waals surface area contributed by atoms with Crippen LogP contribution in [0.4, 0.5) is 27.4 Å². The molecule has 60 heavy (non-hydrogen) atoms. The highest BCUT2D eigenvalue weighted by molar-refractivity contribution is 9.10. The standard InChI is InChI=1S/C22H24BrFN4O2.C22H23N3O4.ClH/c1-28-7-5-14(6-8-28)12-30-21-11-19-16(10-20(21)29-2)22(26-13-25-19)27-18-4-3-15(23)9-17(18)24;1-4-16-6-5-7-17(12-16)25-22-18-13-20(28-10-8-26-2)21(29-11-9-27-3)14-19(18)23-15-24-22;/h3-4,9-11,13-14H,5-8,12H2,1-2H3,(H,25,26,27);1,5-7,12-15H,8-11H2,2-3H3,(H,23,24,25);1H. The van der Waals surface area contributed by atoms with Crippen LogP contribution < -0.4 is 29.6 Å². The fraction of sp³-hybridized carbons (Fsp3) is 0.318. The number of hydrogen-bond acceptors (Lipinski definition) is 13. The average Bonchev–Trinajstić information content (AvgIpc) is 3.25. The summed E-state index contributed by atoms with van der Waals surface area (Å²) in [5.74, 6) is 6.36. The molecule has 0 bridgehead atoms. The highest BCUT2D eigenvalue weighted by Gasteiger charge is 2.19. The zero-order valence-corrected chi connectivity index (χ0v) is 36.3. The Morgan fingerprint density at radius 1 is 0.750 bits per heavy atom. The molecule has 0 unspecified atom stereocenters. The third-order valence-electron chi connectivity index (χ3n) is 9.50. The lowest BCUT2D eigenvalue weighted by Crippen LogP contribution is -2.32. The Kier molecular flexibility index (Phi) is 17.3. The molecule has 4 aromatic carbocycles. The van der Waals surface area contributed by atoms with Gasteiger partial charge in [-0.2, -0.15) is 0 Å². The molecule has 1 aliphatic heterocycles. The molecule has 16 heteroatoms. The quantitative estimate of drug-likeness (QED) is 0.0709. The maximum atomic E-state index is 14.3. The minimum Gasteiger partial charge on any atom is -0.493 e. The van der Waals surface area contributed by atoms with E-state index in [-0.39, 0.29) is 18.2 Å². The summed E-state index contributed by atoms with van der Waals surface area (Å²) in [4.78, 5) is 19.8. The van der Waals surface area contributed by atoms with E-state index in [1.165, 1.54) is 18.7 Å². The Labute approximate surface area is 363 Å². The highest BCUT2D eigenvalue weighted by atomic mass is 79.9. The summed E-state index contributed by atoms with van der Waals surface area (Å²) in [6, 6.07) is 19.8. The van der Waals surface area contributed by atoms with Gasteiger partial charge in [-0.25, -0.2) is 24.3 Å². The number of ether oxygens (including phenoxy) is 6. The number of piperidine rings is 1. The van der Waals surface area contributed by atoms with E-state index in [0.29, 0.717) is 89.3 Å². The summed E-state index contributed by atoms with van der Waals surface area (Å²) in [7, 11) is 7.00. The average molecular weight is 905 g/mol. The molecule has 1 aliphatic rings. The van der Waals surface area contributed by atoms with Crippen molar-refractivity contribution in [2.75, 3.05) is 85.1 Å². The second kappa shape index (κ2) is 22.8. The van der Waals surface area contributed by atoms with Crippen molar-refractivity contribution in [1.29, 1.82) is 0 Å². The van der Waals surface area contributed by atoms with Crippen molar-refractivity contribution in [3.8, 4) is 35.3 Å². The predicted molar refractivity (Wildman–Crippen MR) is 238 cm³/mol. The van der Waals surface area contributed by atoms with Gasteiger partial charge in [0, 0.05) is 52.8 Å². The van der Waals surface area contributed by atoms with Crippen LogP contribution in [-0.4, -0.2) is 99.3 Å². The molecule has 0 atom stereocenters. The molecule has 316 valence electrons. The number of rotatable bonds is 16. The van der Waals surface area contributed by atoms with E-state index in [9.17, 15) is 4.39 Å². The summed E-state index contributed by atoms with van der Waals surface area (Å²) in [5, 5.41) is 7.87. The van der Waals surface area contributed by atoms with Gasteiger partial charge in [0.25, 0.3) is 0 Å². The van der Waals surface area contributed by atoms with Gasteiger partial charge in [0.05, 0.1) is 43.7 Å². The summed E-state index contributed by atoms with van der Waals surface area (Å²) in [5.41, 5.74) is 3.37. The molecule has 6 aromatic rings. The number of nitrogens with one attached hydrogen (secondary N) is 2. The number of methoxy groups -OCH3 is 3. The zero-order chi connectivity index (χ0) is 41.6. The molecule has 0 saturated carbocycles. The van der Waals surface area contributed by atoms with Crippen LogP contribution in [0.3, 0.4) is 0 Å². The van der Waals surface area contributed by atoms with Crippen LogP contribution in [0.5, 0.6) is 23.0 Å². The first-order chi connectivity index (χ1) is 28.8. The molecule has 1 saturated heterocycles. The molecular formula is C44H48BrClFN7O6. The number of benzene rings is 4. The van der Waals surface area contributed by atoms with Crippen molar-refractivity contribution in [3.63, 3.8) is 0 Å². The molecular weight excluding hydrogens is 857 g/mol. The summed E-state index contributed by atoms with van der Waals surface area (Å²) >= 11 is 3.27. The number of halogens is 3. The SMILES string of the molecule is C#Cc1cccc(Nc2ncnc3cc(OCCOC)c(OCCOC)cc23)c1.COc1cc2c(Nc3ccc(Br)cc3F)ncnc2cc1OCC1CCN(C)CC1.Cl. The molecule has 0 spiro atoms. The normalized spacial score (nSPS) is 12.8. The number of terminal acetylenes is 1. The Balaban J connectivity index is 0.000000224. The van der Waals surface area contributed by atoms with Crippen molar-refractivity contribution in [3.05, 3.63) is 95.2 Å². The topological polar surface area (TPSA) is 134 Å². The second-order valence-corrected chi connectivity index (χ2v) is 14.5. The van der Waals surface area contributed by atoms with Crippen molar-refractivity contribution in [2.24, 2.45) is 5.92 Å². The van der Waals surface area contributed by atoms with Crippen LogP contribution in [0, 0.1) is 24.1 Å². The number of nitrogens with zero attached hydrogens (tertiary/aromatic N) is 5. The van der Waals surface area contributed by atoms with Crippen LogP contribution in [0.1, 0.15) is 18.4 Å². The number of likely N-dealkylation sites (tertiary alicyclic amines) is 1. The Morgan fingerprint density at radius 3 is 1.95 bits per heavy atom. The van der Waals surface area contributed by atoms with E-state index in [0.717, 1.165) is 53.5 Å². The second-order valence-electron chi connectivity index (χ2n) is 13.6. The van der Waals surface area contributed by atoms with E-state index < -0.39 is 0 Å². The fourth-order valence-corrected chi connectivity index (χ4v) is 6.61. The summed E-state index contributed by atoms with van der Waals surface area (Å²) in [6.45, 7) is 4.56. The molecule has 0 amide bonds. The van der Waals surface area contributed by atoms with Gasteiger partial charge in [-0.3, -0.25) is 0 Å². The smallest absolute Gasteiger partial charge is 0.163 e. The monoisotopic (exact) mass is 903 g/mol. The minimum absolute atomic E-state index is 0. The lowest BCUT2D eigenvalue weighted by molar-refractivity contribution is 0.132. The largest absolute Gasteiger partial charge is 0.493 e. The summed E-state index contributed by atoms with van der Waals surface area (Å²) < 4.78 is 48.4. The van der Waals surface area contributed by atoms with Gasteiger partial charge >= 0.3 is 0 Å². The van der Waals surface area contributed by atoms with Gasteiger partial charge in [-0.15, -0.1) is 18.8 Å². The molecule has 1 fully saturated rings. The first kappa shape index (κ1) is 45.6. The fourth-order valence-electron chi connectivity index (χ4n) is 6.27. The van der Waals surface area contributed by atoms with Gasteiger partial charge in [0.1, 0.15) is 43.3 Å². The number of fused-ring (bicyclic) bond motifs is 2. The molecule has 7 rings (SSSR count). The van der Waals surface area contributed by atoms with E-state index in [4.69, 9.17) is 34.8 Å². The van der Waals surface area contributed by atoms with Crippen molar-refractivity contribution < 1.29 is 32.8 Å². The van der Waals surface area contributed by atoms with E-state index in [1.807, 2.05) is 48.5 Å². The summed E-state index contributed by atoms with van der Waals surface area (Å²) in [6.07, 6.45) is 10.7. The predicted octanol–water partition coefficient (Wildman–Crippen LogP) is 8.83. The van der Waals surface area contributed by atoms with Crippen LogP contribution in [-0.2, 0) is 9.47 Å². The molecule has 3 heterocycles. The van der Waals surface area contributed by atoms with Crippen molar-refractivity contribution in [2.45, 2.75) is 12.8 Å². The molecule has 13 nitrogen and oxygen atoms in total. The number of aromatic nitrogens is 4. The zero-order valence-electron chi connectivity index (χ0n) is 33.9. The van der Waals surface area contributed by atoms with Gasteiger partial charge in [-0.1, -0.05) is 27.9 Å². The van der Waals surface area contributed by atoms with Crippen LogP contribution in [0.25, 0.3) is 21.8 Å². The number of hydrogen-bond donors (Lipinski definition) is 2. The molecule has 0 aliphatic carbocycles. The van der Waals surface area contributed by atoms with Crippen molar-refractivity contribution in [1.82, 2.24) is 24.8 Å². The number of anilines is 4. The van der Waals surface area contributed by atoms with Gasteiger partial charge in [0.2, 0.25) is 0 Å². The minimum atomic E-state index is -0.374. The van der Waals surface area contributed by atoms with E-state index in [2.05, 4.69) is 64.4 Å². The Hall–Kier alpha value is -5.50. The molecule has 2 aromatic heterocycles. The first-order valence-electron chi connectivity index (χ1n) is 19.0. The Bertz CT molecular complexity index is 2380. The molecule has 2 N–H and O–H groups in total. The van der Waals surface area contributed by atoms with E-state index >= 15 is 0 Å². The Morgan fingerprint density at radius 2 is 1.35 bits per heavy atom. The van der Waals surface area contributed by atoms with Crippen LogP contribution in [0.15, 0.2) is 83.9 Å². The third-order valence-corrected chi connectivity index (χ3v) is 9.99. The highest BCUT2D eigenvalue weighted by Crippen LogP contribution is 2.37. The first-order valence-corrected chi connectivity index (χ1v) is 19.8. The van der Waals surface area contributed by atoms with Gasteiger partial charge in [0.15, 0.2) is 23.0 Å². The lowest BCUT2D eigenvalue weighted by Gasteiger charge is -2.28. The third kappa shape index (κ3) is 12.3. The van der Waals surface area contributed by atoms with E-state index in [1.54, 1.807) is 33.5 Å². The lowest BCUT2D eigenvalue weighted by atomic mass is 9.98. The van der Waals surface area contributed by atoms with Gasteiger partial charge < -0.3 is 44.0 Å². The maximum absolute atomic E-state index is 14.3. The van der Waals surface area contributed by atoms with Crippen LogP contribution >= 0.6 is 28.3 Å². The maximum Gasteiger partial charge on any atom is 0.163 e. The van der Waals surface area contributed by atoms with Crippen LogP contribution in [0.2, 0.25) is 0 Å². The van der Waals surface area contributed by atoms with Gasteiger partial charge in [-0.05, 0) is 87.4 Å². The van der Waals surface area contributed by atoms with Crippen molar-refractivity contribution >= 4 is 73.2 Å². The molecule has 0 radical (unpaired) electrons.